The molecule has 3 aromatic rings. The van der Waals surface area contributed by atoms with Crippen molar-refractivity contribution < 1.29 is 9.72 Å². The predicted molar refractivity (Wildman–Crippen MR) is 140 cm³/mol. The lowest BCUT2D eigenvalue weighted by atomic mass is 9.94. The Kier molecular flexibility index (Phi) is 8.26. The van der Waals surface area contributed by atoms with Crippen LogP contribution in [0.4, 0.5) is 11.4 Å². The van der Waals surface area contributed by atoms with Crippen molar-refractivity contribution in [3.8, 4) is 0 Å². The summed E-state index contributed by atoms with van der Waals surface area (Å²) in [5.41, 5.74) is 1.88. The van der Waals surface area contributed by atoms with Crippen LogP contribution in [0.2, 0.25) is 10.0 Å². The second-order valence-electron chi connectivity index (χ2n) is 8.80. The van der Waals surface area contributed by atoms with Crippen LogP contribution in [0.5, 0.6) is 0 Å². The average Bonchev–Trinajstić information content (AvgIpc) is 2.86. The zero-order valence-electron chi connectivity index (χ0n) is 19.2. The summed E-state index contributed by atoms with van der Waals surface area (Å²) in [7, 11) is 0. The van der Waals surface area contributed by atoms with Crippen molar-refractivity contribution in [2.75, 3.05) is 4.90 Å². The molecule has 4 rings (SSSR count). The molecule has 1 fully saturated rings. The fourth-order valence-electron chi connectivity index (χ4n) is 4.61. The molecule has 1 atom stereocenters. The number of rotatable bonds is 8. The van der Waals surface area contributed by atoms with Crippen LogP contribution in [0.1, 0.15) is 49.3 Å². The van der Waals surface area contributed by atoms with Crippen molar-refractivity contribution in [1.82, 2.24) is 5.32 Å². The zero-order chi connectivity index (χ0) is 24.8. The van der Waals surface area contributed by atoms with Gasteiger partial charge in [-0.15, -0.1) is 0 Å². The highest BCUT2D eigenvalue weighted by Crippen LogP contribution is 2.36. The summed E-state index contributed by atoms with van der Waals surface area (Å²) in [6.07, 6.45) is 5.19. The third-order valence-corrected chi connectivity index (χ3v) is 6.86. The Labute approximate surface area is 215 Å². The smallest absolute Gasteiger partial charge is 0.292 e. The maximum atomic E-state index is 13.9. The number of halogens is 2. The van der Waals surface area contributed by atoms with E-state index in [0.29, 0.717) is 21.3 Å². The summed E-state index contributed by atoms with van der Waals surface area (Å²) >= 11 is 12.2. The molecule has 8 heteroatoms. The summed E-state index contributed by atoms with van der Waals surface area (Å²) in [5.74, 6) is -0.189. The van der Waals surface area contributed by atoms with E-state index in [4.69, 9.17) is 23.2 Å². The standard InChI is InChI=1S/C27H27Cl2N3O3/c28-21-14-10-19(11-15-21)18-31(24-8-4-5-9-25(24)32(34)35)26(20-12-16-22(29)17-13-20)27(33)30-23-6-2-1-3-7-23/h4-5,8-17,23,26H,1-3,6-7,18H2,(H,30,33). The number of amides is 1. The molecule has 0 aromatic heterocycles. The summed E-state index contributed by atoms with van der Waals surface area (Å²) in [6.45, 7) is 0.271. The van der Waals surface area contributed by atoms with Gasteiger partial charge in [0.1, 0.15) is 11.7 Å². The van der Waals surface area contributed by atoms with Gasteiger partial charge in [-0.25, -0.2) is 0 Å². The van der Waals surface area contributed by atoms with Gasteiger partial charge in [0, 0.05) is 28.7 Å². The van der Waals surface area contributed by atoms with Crippen LogP contribution in [0.15, 0.2) is 72.8 Å². The minimum absolute atomic E-state index is 0.0640. The molecule has 35 heavy (non-hydrogen) atoms. The predicted octanol–water partition coefficient (Wildman–Crippen LogP) is 7.10. The monoisotopic (exact) mass is 511 g/mol. The number of para-hydroxylation sites is 2. The third kappa shape index (κ3) is 6.32. The van der Waals surface area contributed by atoms with Crippen LogP contribution in [0, 0.1) is 10.1 Å². The molecule has 1 aliphatic carbocycles. The van der Waals surface area contributed by atoms with Crippen molar-refractivity contribution in [3.63, 3.8) is 0 Å². The van der Waals surface area contributed by atoms with Gasteiger partial charge in [0.25, 0.3) is 5.69 Å². The fourth-order valence-corrected chi connectivity index (χ4v) is 4.86. The van der Waals surface area contributed by atoms with Gasteiger partial charge in [-0.2, -0.15) is 0 Å². The quantitative estimate of drug-likeness (QED) is 0.258. The van der Waals surface area contributed by atoms with E-state index in [1.165, 1.54) is 12.5 Å². The van der Waals surface area contributed by atoms with Crippen molar-refractivity contribution in [3.05, 3.63) is 104 Å². The highest BCUT2D eigenvalue weighted by molar-refractivity contribution is 6.30. The van der Waals surface area contributed by atoms with E-state index in [0.717, 1.165) is 31.2 Å². The molecule has 1 N–H and O–H groups in total. The van der Waals surface area contributed by atoms with E-state index >= 15 is 0 Å². The lowest BCUT2D eigenvalue weighted by Gasteiger charge is -2.34. The van der Waals surface area contributed by atoms with Crippen molar-refractivity contribution in [1.29, 1.82) is 0 Å². The van der Waals surface area contributed by atoms with Gasteiger partial charge < -0.3 is 10.2 Å². The molecule has 0 bridgehead atoms. The molecule has 3 aromatic carbocycles. The summed E-state index contributed by atoms with van der Waals surface area (Å²) in [5, 5.41) is 16.3. The molecular formula is C27H27Cl2N3O3. The minimum atomic E-state index is -0.800. The molecule has 0 aliphatic heterocycles. The highest BCUT2D eigenvalue weighted by Gasteiger charge is 2.33. The fraction of sp³-hybridized carbons (Fsp3) is 0.296. The molecule has 0 spiro atoms. The largest absolute Gasteiger partial charge is 0.351 e. The number of benzene rings is 3. The number of carbonyl (C=O) groups excluding carboxylic acids is 1. The Balaban J connectivity index is 1.80. The molecule has 182 valence electrons. The van der Waals surface area contributed by atoms with E-state index in [2.05, 4.69) is 5.32 Å². The van der Waals surface area contributed by atoms with Gasteiger partial charge in [-0.05, 0) is 54.3 Å². The SMILES string of the molecule is O=C(NC1CCCCC1)C(c1ccc(Cl)cc1)N(Cc1ccc(Cl)cc1)c1ccccc1[N+](=O)[O-]. The molecule has 1 saturated carbocycles. The first kappa shape index (κ1) is 25.0. The maximum Gasteiger partial charge on any atom is 0.292 e. The van der Waals surface area contributed by atoms with Crippen LogP contribution >= 0.6 is 23.2 Å². The van der Waals surface area contributed by atoms with Gasteiger partial charge in [0.05, 0.1) is 4.92 Å². The number of nitro groups is 1. The highest BCUT2D eigenvalue weighted by atomic mass is 35.5. The molecule has 1 amide bonds. The lowest BCUT2D eigenvalue weighted by Crippen LogP contribution is -2.45. The van der Waals surface area contributed by atoms with Crippen LogP contribution in [-0.4, -0.2) is 16.9 Å². The maximum absolute atomic E-state index is 13.9. The van der Waals surface area contributed by atoms with Crippen molar-refractivity contribution in [2.45, 2.75) is 50.7 Å². The van der Waals surface area contributed by atoms with E-state index in [-0.39, 0.29) is 24.2 Å². The molecule has 1 unspecified atom stereocenters. The number of carbonyl (C=O) groups is 1. The summed E-state index contributed by atoms with van der Waals surface area (Å²) in [4.78, 5) is 27.2. The summed E-state index contributed by atoms with van der Waals surface area (Å²) in [6, 6.07) is 20.2. The zero-order valence-corrected chi connectivity index (χ0v) is 20.7. The van der Waals surface area contributed by atoms with Crippen LogP contribution in [0.25, 0.3) is 0 Å². The first-order valence-corrected chi connectivity index (χ1v) is 12.5. The molecule has 0 radical (unpaired) electrons. The van der Waals surface area contributed by atoms with Gasteiger partial charge in [0.2, 0.25) is 5.91 Å². The van der Waals surface area contributed by atoms with Gasteiger partial charge in [-0.3, -0.25) is 14.9 Å². The number of anilines is 1. The van der Waals surface area contributed by atoms with Gasteiger partial charge in [0.15, 0.2) is 0 Å². The minimum Gasteiger partial charge on any atom is -0.351 e. The first-order chi connectivity index (χ1) is 16.9. The van der Waals surface area contributed by atoms with Crippen LogP contribution in [0.3, 0.4) is 0 Å². The van der Waals surface area contributed by atoms with Crippen molar-refractivity contribution in [2.24, 2.45) is 0 Å². The molecule has 6 nitrogen and oxygen atoms in total. The number of nitro benzene ring substituents is 1. The molecule has 1 aliphatic rings. The Morgan fingerprint density at radius 1 is 0.943 bits per heavy atom. The number of hydrogen-bond acceptors (Lipinski definition) is 4. The topological polar surface area (TPSA) is 75.5 Å². The van der Waals surface area contributed by atoms with Gasteiger partial charge in [-0.1, -0.05) is 78.9 Å². The molecular weight excluding hydrogens is 485 g/mol. The Hall–Kier alpha value is -3.09. The Morgan fingerprint density at radius 2 is 1.54 bits per heavy atom. The van der Waals surface area contributed by atoms with Crippen LogP contribution in [-0.2, 0) is 11.3 Å². The molecule has 0 saturated heterocycles. The lowest BCUT2D eigenvalue weighted by molar-refractivity contribution is -0.384. The average molecular weight is 512 g/mol. The number of nitrogens with zero attached hydrogens (tertiary/aromatic N) is 2. The number of nitrogens with one attached hydrogen (secondary N) is 1. The molecule has 0 heterocycles. The van der Waals surface area contributed by atoms with Crippen LogP contribution < -0.4 is 10.2 Å². The van der Waals surface area contributed by atoms with E-state index in [1.54, 1.807) is 59.5 Å². The Morgan fingerprint density at radius 3 is 2.17 bits per heavy atom. The van der Waals surface area contributed by atoms with Crippen molar-refractivity contribution >= 4 is 40.5 Å². The van der Waals surface area contributed by atoms with Gasteiger partial charge >= 0.3 is 0 Å². The second-order valence-corrected chi connectivity index (χ2v) is 9.67. The summed E-state index contributed by atoms with van der Waals surface area (Å²) < 4.78 is 0. The van der Waals surface area contributed by atoms with E-state index in [1.807, 2.05) is 12.1 Å². The van der Waals surface area contributed by atoms with E-state index in [9.17, 15) is 14.9 Å². The number of hydrogen-bond donors (Lipinski definition) is 1. The van der Waals surface area contributed by atoms with E-state index < -0.39 is 11.0 Å². The third-order valence-electron chi connectivity index (χ3n) is 6.35. The first-order valence-electron chi connectivity index (χ1n) is 11.7. The normalized spacial score (nSPS) is 14.8. The second kappa shape index (κ2) is 11.6. The Bertz CT molecular complexity index is 1160.